The number of amides is 1. The van der Waals surface area contributed by atoms with Crippen LogP contribution in [-0.4, -0.2) is 27.8 Å². The molecule has 0 saturated carbocycles. The first-order chi connectivity index (χ1) is 10.5. The summed E-state index contributed by atoms with van der Waals surface area (Å²) in [5.74, 6) is -1.26. The van der Waals surface area contributed by atoms with Crippen LogP contribution in [0, 0.1) is 15.9 Å². The smallest absolute Gasteiger partial charge is 0.354 e. The van der Waals surface area contributed by atoms with Gasteiger partial charge in [-0.2, -0.15) is 0 Å². The first-order valence-electron chi connectivity index (χ1n) is 6.02. The molecule has 1 aromatic heterocycles. The molecule has 114 valence electrons. The van der Waals surface area contributed by atoms with Crippen molar-refractivity contribution in [3.05, 3.63) is 52.1 Å². The second-order valence-electron chi connectivity index (χ2n) is 4.01. The van der Waals surface area contributed by atoms with E-state index < -0.39 is 22.3 Å². The first-order valence-corrected chi connectivity index (χ1v) is 6.02. The summed E-state index contributed by atoms with van der Waals surface area (Å²) in [5, 5.41) is 13.6. The second kappa shape index (κ2) is 6.43. The molecule has 3 N–H and O–H groups in total. The van der Waals surface area contributed by atoms with E-state index in [1.54, 1.807) is 0 Å². The van der Waals surface area contributed by atoms with E-state index in [2.05, 4.69) is 26.1 Å². The van der Waals surface area contributed by atoms with Gasteiger partial charge in [0.2, 0.25) is 11.6 Å². The highest BCUT2D eigenvalue weighted by molar-refractivity contribution is 5.95. The zero-order chi connectivity index (χ0) is 16.1. The van der Waals surface area contributed by atoms with Gasteiger partial charge < -0.3 is 5.32 Å². The van der Waals surface area contributed by atoms with Crippen LogP contribution in [-0.2, 0) is 0 Å². The third-order valence-corrected chi connectivity index (χ3v) is 2.64. The molecular formula is C12H11FN6O3. The lowest BCUT2D eigenvalue weighted by Gasteiger charge is -2.09. The van der Waals surface area contributed by atoms with Crippen LogP contribution < -0.4 is 16.2 Å². The number of carbonyl (C=O) groups excluding carboxylic acids is 1. The fraction of sp³-hybridized carbons (Fsp3) is 0.0833. The molecule has 0 aliphatic rings. The van der Waals surface area contributed by atoms with Crippen molar-refractivity contribution in [2.45, 2.75) is 0 Å². The predicted molar refractivity (Wildman–Crippen MR) is 75.7 cm³/mol. The number of nitrogens with one attached hydrogen (secondary N) is 3. The zero-order valence-corrected chi connectivity index (χ0v) is 11.3. The van der Waals surface area contributed by atoms with E-state index in [4.69, 9.17) is 0 Å². The maximum Gasteiger partial charge on any atom is 0.354 e. The number of carbonyl (C=O) groups is 1. The van der Waals surface area contributed by atoms with Crippen molar-refractivity contribution < 1.29 is 14.1 Å². The Balaban J connectivity index is 2.16. The number of hydrogen-bond acceptors (Lipinski definition) is 7. The van der Waals surface area contributed by atoms with Gasteiger partial charge in [-0.3, -0.25) is 25.8 Å². The predicted octanol–water partition coefficient (Wildman–Crippen LogP) is 1.32. The van der Waals surface area contributed by atoms with E-state index >= 15 is 0 Å². The number of hydrogen-bond donors (Lipinski definition) is 3. The highest BCUT2D eigenvalue weighted by atomic mass is 19.1. The molecule has 0 aliphatic carbocycles. The van der Waals surface area contributed by atoms with Crippen LogP contribution in [0.4, 0.5) is 21.7 Å². The molecule has 10 heteroatoms. The van der Waals surface area contributed by atoms with Crippen molar-refractivity contribution in [2.75, 3.05) is 17.8 Å². The molecule has 0 atom stereocenters. The van der Waals surface area contributed by atoms with Crippen LogP contribution in [0.2, 0.25) is 0 Å². The summed E-state index contributed by atoms with van der Waals surface area (Å²) in [6.07, 6.45) is 1.10. The van der Waals surface area contributed by atoms with E-state index in [-0.39, 0.29) is 17.2 Å². The minimum atomic E-state index is -0.682. The summed E-state index contributed by atoms with van der Waals surface area (Å²) in [4.78, 5) is 29.6. The van der Waals surface area contributed by atoms with Crippen molar-refractivity contribution in [3.8, 4) is 0 Å². The summed E-state index contributed by atoms with van der Waals surface area (Å²) in [6, 6.07) is 4.81. The molecule has 2 rings (SSSR count). The molecule has 2 aromatic rings. The van der Waals surface area contributed by atoms with Crippen molar-refractivity contribution >= 4 is 23.2 Å². The number of aromatic nitrogens is 2. The molecule has 0 bridgehead atoms. The Bertz CT molecular complexity index is 707. The number of nitro groups is 1. The van der Waals surface area contributed by atoms with Crippen molar-refractivity contribution in [1.82, 2.24) is 15.4 Å². The summed E-state index contributed by atoms with van der Waals surface area (Å²) in [6.45, 7) is 0. The van der Waals surface area contributed by atoms with Crippen molar-refractivity contribution in [1.29, 1.82) is 0 Å². The molecule has 9 nitrogen and oxygen atoms in total. The van der Waals surface area contributed by atoms with Gasteiger partial charge in [0.1, 0.15) is 12.1 Å². The van der Waals surface area contributed by atoms with Gasteiger partial charge in [0.05, 0.1) is 4.92 Å². The van der Waals surface area contributed by atoms with Crippen molar-refractivity contribution in [3.63, 3.8) is 0 Å². The van der Waals surface area contributed by atoms with Gasteiger partial charge in [0, 0.05) is 12.6 Å². The molecule has 22 heavy (non-hydrogen) atoms. The molecule has 0 fully saturated rings. The average molecular weight is 306 g/mol. The lowest BCUT2D eigenvalue weighted by Crippen LogP contribution is -2.30. The van der Waals surface area contributed by atoms with Crippen LogP contribution in [0.25, 0.3) is 0 Å². The molecular weight excluding hydrogens is 295 g/mol. The Labute approximate surface area is 123 Å². The molecule has 0 aliphatic heterocycles. The Morgan fingerprint density at radius 3 is 2.45 bits per heavy atom. The van der Waals surface area contributed by atoms with Gasteiger partial charge in [-0.05, 0) is 24.3 Å². The minimum absolute atomic E-state index is 0.00136. The van der Waals surface area contributed by atoms with E-state index in [0.29, 0.717) is 0 Å². The van der Waals surface area contributed by atoms with Gasteiger partial charge >= 0.3 is 5.69 Å². The fourth-order valence-corrected chi connectivity index (χ4v) is 1.62. The van der Waals surface area contributed by atoms with Gasteiger partial charge in [-0.25, -0.2) is 14.4 Å². The minimum Gasteiger partial charge on any atom is -0.367 e. The molecule has 1 amide bonds. The molecule has 0 radical (unpaired) electrons. The quantitative estimate of drug-likeness (QED) is 0.562. The molecule has 0 unspecified atom stereocenters. The Hall–Kier alpha value is -3.30. The monoisotopic (exact) mass is 306 g/mol. The molecule has 1 heterocycles. The van der Waals surface area contributed by atoms with E-state index in [1.165, 1.54) is 19.2 Å². The Morgan fingerprint density at radius 1 is 1.23 bits per heavy atom. The van der Waals surface area contributed by atoms with Gasteiger partial charge in [0.15, 0.2) is 0 Å². The lowest BCUT2D eigenvalue weighted by molar-refractivity contribution is -0.383. The van der Waals surface area contributed by atoms with Gasteiger partial charge in [0.25, 0.3) is 5.91 Å². The summed E-state index contributed by atoms with van der Waals surface area (Å²) in [5.41, 5.74) is 4.37. The number of hydrazine groups is 1. The van der Waals surface area contributed by atoms with Crippen LogP contribution in [0.5, 0.6) is 0 Å². The highest BCUT2D eigenvalue weighted by Gasteiger charge is 2.22. The standard InChI is InChI=1S/C12H11FN6O3/c1-14-10-9(19(21)22)11(16-6-15-10)17-18-12(20)7-2-4-8(13)5-3-7/h2-6H,1H3,(H,18,20)(H2,14,15,16,17). The van der Waals surface area contributed by atoms with E-state index in [1.807, 2.05) is 0 Å². The largest absolute Gasteiger partial charge is 0.367 e. The molecule has 1 aromatic carbocycles. The highest BCUT2D eigenvalue weighted by Crippen LogP contribution is 2.27. The second-order valence-corrected chi connectivity index (χ2v) is 4.01. The SMILES string of the molecule is CNc1ncnc(NNC(=O)c2ccc(F)cc2)c1[N+](=O)[O-]. The summed E-state index contributed by atoms with van der Waals surface area (Å²) in [7, 11) is 1.47. The van der Waals surface area contributed by atoms with Gasteiger partial charge in [-0.1, -0.05) is 0 Å². The number of rotatable bonds is 5. The van der Waals surface area contributed by atoms with Gasteiger partial charge in [-0.15, -0.1) is 0 Å². The third-order valence-electron chi connectivity index (χ3n) is 2.64. The maximum absolute atomic E-state index is 12.8. The van der Waals surface area contributed by atoms with Crippen LogP contribution in [0.1, 0.15) is 10.4 Å². The molecule has 0 spiro atoms. The summed E-state index contributed by atoms with van der Waals surface area (Å²) >= 11 is 0. The molecule has 0 saturated heterocycles. The van der Waals surface area contributed by atoms with Crippen LogP contribution in [0.15, 0.2) is 30.6 Å². The third kappa shape index (κ3) is 3.23. The normalized spacial score (nSPS) is 9.91. The van der Waals surface area contributed by atoms with E-state index in [9.17, 15) is 19.3 Å². The first kappa shape index (κ1) is 15.1. The van der Waals surface area contributed by atoms with Crippen molar-refractivity contribution in [2.24, 2.45) is 0 Å². The Morgan fingerprint density at radius 2 is 1.86 bits per heavy atom. The zero-order valence-electron chi connectivity index (χ0n) is 11.3. The van der Waals surface area contributed by atoms with E-state index in [0.717, 1.165) is 18.5 Å². The lowest BCUT2D eigenvalue weighted by atomic mass is 10.2. The number of benzene rings is 1. The Kier molecular flexibility index (Phi) is 4.41. The fourth-order valence-electron chi connectivity index (χ4n) is 1.62. The number of nitrogens with zero attached hydrogens (tertiary/aromatic N) is 3. The number of halogens is 1. The summed E-state index contributed by atoms with van der Waals surface area (Å²) < 4.78 is 12.8. The van der Waals surface area contributed by atoms with Crippen LogP contribution in [0.3, 0.4) is 0 Å². The number of anilines is 2. The topological polar surface area (TPSA) is 122 Å². The maximum atomic E-state index is 12.8. The average Bonchev–Trinajstić information content (AvgIpc) is 2.52. The van der Waals surface area contributed by atoms with Crippen LogP contribution >= 0.6 is 0 Å².